The van der Waals surface area contributed by atoms with Crippen molar-refractivity contribution >= 4 is 27.3 Å². The molecule has 0 saturated carbocycles. The molecule has 0 unspecified atom stereocenters. The highest BCUT2D eigenvalue weighted by molar-refractivity contribution is 7.89. The summed E-state index contributed by atoms with van der Waals surface area (Å²) in [6.07, 6.45) is 0.347. The van der Waals surface area contributed by atoms with E-state index in [0.717, 1.165) is 5.56 Å². The fraction of sp³-hybridized carbons (Fsp3) is 0.214. The molecule has 0 aliphatic carbocycles. The van der Waals surface area contributed by atoms with Gasteiger partial charge in [0.2, 0.25) is 10.0 Å². The van der Waals surface area contributed by atoms with Crippen molar-refractivity contribution in [1.82, 2.24) is 24.5 Å². The van der Waals surface area contributed by atoms with Gasteiger partial charge in [-0.15, -0.1) is 10.2 Å². The Morgan fingerprint density at radius 1 is 1.13 bits per heavy atom. The summed E-state index contributed by atoms with van der Waals surface area (Å²) in [5.74, 6) is 0.536. The Hall–Kier alpha value is -2.03. The number of nitrogens with one attached hydrogen (secondary N) is 1. The van der Waals surface area contributed by atoms with E-state index >= 15 is 0 Å². The largest absolute Gasteiger partial charge is 0.240 e. The van der Waals surface area contributed by atoms with Gasteiger partial charge < -0.3 is 0 Å². The van der Waals surface area contributed by atoms with Gasteiger partial charge in [-0.2, -0.15) is 9.61 Å². The molecule has 0 radical (unpaired) electrons. The Morgan fingerprint density at radius 3 is 2.61 bits per heavy atom. The summed E-state index contributed by atoms with van der Waals surface area (Å²) < 4.78 is 28.4. The fourth-order valence-electron chi connectivity index (χ4n) is 2.06. The summed E-state index contributed by atoms with van der Waals surface area (Å²) in [5.41, 5.74) is 1.56. The van der Waals surface area contributed by atoms with Crippen LogP contribution >= 0.6 is 11.6 Å². The van der Waals surface area contributed by atoms with E-state index in [4.69, 9.17) is 11.6 Å². The third kappa shape index (κ3) is 3.49. The van der Waals surface area contributed by atoms with Crippen molar-refractivity contribution in [2.45, 2.75) is 18.2 Å². The molecule has 0 atom stereocenters. The van der Waals surface area contributed by atoms with Gasteiger partial charge in [0, 0.05) is 13.0 Å². The summed E-state index contributed by atoms with van der Waals surface area (Å²) in [5, 5.41) is 12.4. The quantitative estimate of drug-likeness (QED) is 0.754. The van der Waals surface area contributed by atoms with E-state index in [1.807, 2.05) is 6.92 Å². The average molecular weight is 352 g/mol. The maximum Gasteiger partial charge on any atom is 0.240 e. The van der Waals surface area contributed by atoms with Crippen LogP contribution in [0.25, 0.3) is 5.65 Å². The summed E-state index contributed by atoms with van der Waals surface area (Å²) in [7, 11) is -3.55. The Labute approximate surface area is 138 Å². The lowest BCUT2D eigenvalue weighted by Crippen LogP contribution is -2.26. The molecule has 9 heteroatoms. The molecular formula is C14H14ClN5O2S. The molecule has 0 aliphatic rings. The molecule has 1 N–H and O–H groups in total. The Bertz CT molecular complexity index is 937. The molecule has 120 valence electrons. The Balaban J connectivity index is 1.70. The first kappa shape index (κ1) is 15.9. The zero-order valence-corrected chi connectivity index (χ0v) is 13.8. The van der Waals surface area contributed by atoms with Gasteiger partial charge in [-0.05, 0) is 31.2 Å². The van der Waals surface area contributed by atoms with Crippen LogP contribution in [0.4, 0.5) is 0 Å². The zero-order valence-electron chi connectivity index (χ0n) is 12.3. The highest BCUT2D eigenvalue weighted by Gasteiger charge is 2.14. The number of aryl methyl sites for hydroxylation is 1. The van der Waals surface area contributed by atoms with E-state index in [1.165, 1.54) is 4.52 Å². The minimum atomic E-state index is -3.55. The van der Waals surface area contributed by atoms with Gasteiger partial charge in [-0.25, -0.2) is 13.1 Å². The molecule has 23 heavy (non-hydrogen) atoms. The second-order valence-corrected chi connectivity index (χ2v) is 7.16. The summed E-state index contributed by atoms with van der Waals surface area (Å²) in [6.45, 7) is 2.09. The van der Waals surface area contributed by atoms with Crippen LogP contribution in [0.2, 0.25) is 5.15 Å². The predicted octanol–water partition coefficient (Wildman–Crippen LogP) is 1.61. The third-order valence-electron chi connectivity index (χ3n) is 3.27. The average Bonchev–Trinajstić information content (AvgIpc) is 2.90. The summed E-state index contributed by atoms with van der Waals surface area (Å²) in [6, 6.07) is 9.98. The molecule has 0 saturated heterocycles. The topological polar surface area (TPSA) is 89.2 Å². The number of fused-ring (bicyclic) bond motifs is 1. The molecule has 3 aromatic rings. The van der Waals surface area contributed by atoms with Gasteiger partial charge in [-0.3, -0.25) is 0 Å². The van der Waals surface area contributed by atoms with E-state index in [2.05, 4.69) is 20.0 Å². The van der Waals surface area contributed by atoms with Crippen molar-refractivity contribution in [2.75, 3.05) is 6.54 Å². The number of benzene rings is 1. The molecule has 0 bridgehead atoms. The fourth-order valence-corrected chi connectivity index (χ4v) is 3.24. The van der Waals surface area contributed by atoms with Crippen LogP contribution in [0.5, 0.6) is 0 Å². The number of hydrogen-bond donors (Lipinski definition) is 1. The van der Waals surface area contributed by atoms with Crippen LogP contribution in [0.1, 0.15) is 11.4 Å². The van der Waals surface area contributed by atoms with Gasteiger partial charge in [0.15, 0.2) is 11.5 Å². The van der Waals surface area contributed by atoms with Crippen LogP contribution in [0, 0.1) is 6.92 Å². The van der Waals surface area contributed by atoms with Gasteiger partial charge in [0.1, 0.15) is 5.15 Å². The number of sulfonamides is 1. The maximum atomic E-state index is 12.2. The molecule has 0 fully saturated rings. The minimum Gasteiger partial charge on any atom is -0.211 e. The molecule has 7 nitrogen and oxygen atoms in total. The molecule has 0 aliphatic heterocycles. The van der Waals surface area contributed by atoms with E-state index in [0.29, 0.717) is 23.0 Å². The van der Waals surface area contributed by atoms with Crippen molar-refractivity contribution in [3.63, 3.8) is 0 Å². The standard InChI is InChI=1S/C14H14ClN5O2S/c1-10-2-4-11(5-3-10)23(21,22)16-9-8-14-18-17-13-7-6-12(15)19-20(13)14/h2-7,16H,8-9H2,1H3. The smallest absolute Gasteiger partial charge is 0.211 e. The van der Waals surface area contributed by atoms with Crippen molar-refractivity contribution in [1.29, 1.82) is 0 Å². The lowest BCUT2D eigenvalue weighted by molar-refractivity contribution is 0.580. The molecule has 0 amide bonds. The lowest BCUT2D eigenvalue weighted by Gasteiger charge is -2.06. The number of hydrogen-bond acceptors (Lipinski definition) is 5. The third-order valence-corrected chi connectivity index (χ3v) is 4.95. The van der Waals surface area contributed by atoms with E-state index in [-0.39, 0.29) is 11.4 Å². The van der Waals surface area contributed by atoms with Gasteiger partial charge in [-0.1, -0.05) is 29.3 Å². The first-order valence-electron chi connectivity index (χ1n) is 6.89. The number of aromatic nitrogens is 4. The molecule has 2 aromatic heterocycles. The predicted molar refractivity (Wildman–Crippen MR) is 85.9 cm³/mol. The van der Waals surface area contributed by atoms with Crippen LogP contribution in [0.15, 0.2) is 41.3 Å². The number of nitrogens with zero attached hydrogens (tertiary/aromatic N) is 4. The second kappa shape index (κ2) is 6.23. The SMILES string of the molecule is Cc1ccc(S(=O)(=O)NCCc2nnc3ccc(Cl)nn23)cc1. The van der Waals surface area contributed by atoms with Crippen LogP contribution in [-0.4, -0.2) is 34.8 Å². The zero-order chi connectivity index (χ0) is 16.4. The molecule has 2 heterocycles. The van der Waals surface area contributed by atoms with Crippen molar-refractivity contribution in [2.24, 2.45) is 0 Å². The molecule has 3 rings (SSSR count). The highest BCUT2D eigenvalue weighted by Crippen LogP contribution is 2.10. The van der Waals surface area contributed by atoms with Gasteiger partial charge in [0.25, 0.3) is 0 Å². The van der Waals surface area contributed by atoms with Gasteiger partial charge in [0.05, 0.1) is 4.90 Å². The normalized spacial score (nSPS) is 11.9. The monoisotopic (exact) mass is 351 g/mol. The summed E-state index contributed by atoms with van der Waals surface area (Å²) in [4.78, 5) is 0.232. The van der Waals surface area contributed by atoms with Crippen molar-refractivity contribution in [3.8, 4) is 0 Å². The van der Waals surface area contributed by atoms with Gasteiger partial charge >= 0.3 is 0 Å². The second-order valence-electron chi connectivity index (χ2n) is 5.00. The molecular weight excluding hydrogens is 338 g/mol. The Morgan fingerprint density at radius 2 is 1.87 bits per heavy atom. The van der Waals surface area contributed by atoms with Crippen LogP contribution in [0.3, 0.4) is 0 Å². The Kier molecular flexibility index (Phi) is 4.29. The van der Waals surface area contributed by atoms with E-state index in [1.54, 1.807) is 36.4 Å². The van der Waals surface area contributed by atoms with Crippen molar-refractivity contribution in [3.05, 3.63) is 52.9 Å². The summed E-state index contributed by atoms with van der Waals surface area (Å²) >= 11 is 5.85. The highest BCUT2D eigenvalue weighted by atomic mass is 35.5. The first-order chi connectivity index (χ1) is 11.0. The number of rotatable bonds is 5. The van der Waals surface area contributed by atoms with Crippen LogP contribution in [-0.2, 0) is 16.4 Å². The molecule has 0 spiro atoms. The maximum absolute atomic E-state index is 12.2. The lowest BCUT2D eigenvalue weighted by atomic mass is 10.2. The van der Waals surface area contributed by atoms with E-state index in [9.17, 15) is 8.42 Å². The van der Waals surface area contributed by atoms with Crippen LogP contribution < -0.4 is 4.72 Å². The minimum absolute atomic E-state index is 0.186. The van der Waals surface area contributed by atoms with Crippen molar-refractivity contribution < 1.29 is 8.42 Å². The first-order valence-corrected chi connectivity index (χ1v) is 8.75. The molecule has 1 aromatic carbocycles. The van der Waals surface area contributed by atoms with E-state index < -0.39 is 10.0 Å². The number of halogens is 1.